The van der Waals surface area contributed by atoms with Crippen LogP contribution in [-0.4, -0.2) is 0 Å². The summed E-state index contributed by atoms with van der Waals surface area (Å²) in [6, 6.07) is 77.5. The SMILES string of the molecule is [Cl][Ni].[c-]1ccccc1.c1ccc([PH+](c2ccccc2)c2ccccc2)cc1.c1ccc([PH+](c2ccccc2)c2ccccc2)cc1. The van der Waals surface area contributed by atoms with Crippen molar-refractivity contribution in [2.45, 2.75) is 0 Å². The van der Waals surface area contributed by atoms with Crippen LogP contribution in [0.25, 0.3) is 0 Å². The summed E-state index contributed by atoms with van der Waals surface area (Å²) in [6.07, 6.45) is 0. The molecule has 0 N–H and O–H groups in total. The van der Waals surface area contributed by atoms with Gasteiger partial charge in [-0.2, -0.15) is 36.4 Å². The van der Waals surface area contributed by atoms with Gasteiger partial charge in [0.05, 0.1) is 15.8 Å². The summed E-state index contributed by atoms with van der Waals surface area (Å²) in [7, 11) is 2.51. The van der Waals surface area contributed by atoms with Crippen molar-refractivity contribution in [3.8, 4) is 0 Å². The van der Waals surface area contributed by atoms with E-state index in [2.05, 4.69) is 213 Å². The molecule has 0 radical (unpaired) electrons. The summed E-state index contributed by atoms with van der Waals surface area (Å²) < 4.78 is 0. The van der Waals surface area contributed by atoms with Crippen molar-refractivity contribution in [1.29, 1.82) is 0 Å². The average Bonchev–Trinajstić information content (AvgIpc) is 3.17. The zero-order valence-electron chi connectivity index (χ0n) is 25.4. The van der Waals surface area contributed by atoms with Crippen LogP contribution >= 0.6 is 26.0 Å². The Morgan fingerprint density at radius 1 is 0.283 bits per heavy atom. The van der Waals surface area contributed by atoms with E-state index in [-0.39, 0.29) is 0 Å². The third-order valence-corrected chi connectivity index (χ3v) is 12.4. The van der Waals surface area contributed by atoms with Crippen LogP contribution in [0.2, 0.25) is 0 Å². The van der Waals surface area contributed by atoms with Crippen LogP contribution in [0, 0.1) is 6.07 Å². The van der Waals surface area contributed by atoms with Crippen LogP contribution in [0.1, 0.15) is 0 Å². The molecule has 0 atom stereocenters. The predicted molar refractivity (Wildman–Crippen MR) is 204 cm³/mol. The maximum atomic E-state index is 4.26. The molecule has 0 nitrogen and oxygen atoms in total. The van der Waals surface area contributed by atoms with Crippen LogP contribution in [-0.2, 0) is 14.6 Å². The van der Waals surface area contributed by atoms with E-state index in [1.165, 1.54) is 31.8 Å². The van der Waals surface area contributed by atoms with Crippen molar-refractivity contribution in [2.24, 2.45) is 0 Å². The third kappa shape index (κ3) is 11.2. The van der Waals surface area contributed by atoms with Gasteiger partial charge in [-0.25, -0.2) is 0 Å². The van der Waals surface area contributed by atoms with Crippen LogP contribution in [0.3, 0.4) is 0 Å². The molecule has 0 saturated heterocycles. The molecule has 0 fully saturated rings. The maximum Gasteiger partial charge on any atom is 0.102 e. The number of rotatable bonds is 6. The fraction of sp³-hybridized carbons (Fsp3) is 0. The van der Waals surface area contributed by atoms with Gasteiger partial charge in [0.1, 0.15) is 31.8 Å². The van der Waals surface area contributed by atoms with Crippen molar-refractivity contribution in [3.05, 3.63) is 218 Å². The maximum absolute atomic E-state index is 4.26. The summed E-state index contributed by atoms with van der Waals surface area (Å²) >= 11 is 3.35. The van der Waals surface area contributed by atoms with Gasteiger partial charge in [0, 0.05) is 0 Å². The molecule has 0 unspecified atom stereocenters. The Kier molecular flexibility index (Phi) is 16.0. The van der Waals surface area contributed by atoms with Crippen molar-refractivity contribution in [3.63, 3.8) is 0 Å². The molecule has 7 aromatic rings. The number of benzene rings is 7. The topological polar surface area (TPSA) is 0 Å². The number of hydrogen-bond acceptors (Lipinski definition) is 0. The minimum atomic E-state index is -0.877. The summed E-state index contributed by atoms with van der Waals surface area (Å²) in [4.78, 5) is 0. The Balaban J connectivity index is 0.000000169. The fourth-order valence-corrected chi connectivity index (χ4v) is 10.1. The molecule has 0 saturated carbocycles. The summed E-state index contributed by atoms with van der Waals surface area (Å²) in [5, 5.41) is 8.61. The molecular weight excluding hydrogens is 661 g/mol. The number of hydrogen-bond donors (Lipinski definition) is 0. The van der Waals surface area contributed by atoms with Gasteiger partial charge in [0.25, 0.3) is 0 Å². The molecule has 0 amide bonds. The van der Waals surface area contributed by atoms with Crippen molar-refractivity contribution in [1.82, 2.24) is 0 Å². The summed E-state index contributed by atoms with van der Waals surface area (Å²) in [5.74, 6) is 0. The standard InChI is InChI=1S/2C18H15P.C6H5.ClH.Ni/c2*1-4-10-16(11-5-1)19(17-12-6-2-7-13-17)18-14-8-3-9-15-18;1-2-4-6-5-3-1;;/h2*1-15H;1-5H;1H;/q;;-1;;+1/p+1. The van der Waals surface area contributed by atoms with E-state index < -0.39 is 15.8 Å². The second-order valence-corrected chi connectivity index (χ2v) is 15.0. The second kappa shape index (κ2) is 21.1. The molecule has 0 bridgehead atoms. The van der Waals surface area contributed by atoms with Gasteiger partial charge in [-0.05, 0) is 72.8 Å². The van der Waals surface area contributed by atoms with Crippen LogP contribution in [0.4, 0.5) is 0 Å². The molecule has 231 valence electrons. The van der Waals surface area contributed by atoms with E-state index in [1.807, 2.05) is 30.3 Å². The first-order chi connectivity index (χ1) is 22.9. The normalized spacial score (nSPS) is 9.93. The molecular formula is C42H37ClNiP2+. The first-order valence-corrected chi connectivity index (χ1v) is 19.4. The van der Waals surface area contributed by atoms with Crippen LogP contribution in [0.15, 0.2) is 212 Å². The largest absolute Gasteiger partial charge is 0.184 e. The molecule has 7 rings (SSSR count). The first-order valence-electron chi connectivity index (χ1n) is 15.0. The Bertz CT molecular complexity index is 1390. The van der Waals surface area contributed by atoms with E-state index >= 15 is 0 Å². The molecule has 0 aromatic heterocycles. The quantitative estimate of drug-likeness (QED) is 0.0929. The van der Waals surface area contributed by atoms with E-state index in [9.17, 15) is 0 Å². The van der Waals surface area contributed by atoms with E-state index in [0.29, 0.717) is 0 Å². The Labute approximate surface area is 289 Å². The van der Waals surface area contributed by atoms with E-state index in [4.69, 9.17) is 0 Å². The van der Waals surface area contributed by atoms with Crippen molar-refractivity contribution < 1.29 is 14.6 Å². The van der Waals surface area contributed by atoms with Gasteiger partial charge >= 0.3 is 24.8 Å². The van der Waals surface area contributed by atoms with E-state index in [0.717, 1.165) is 0 Å². The van der Waals surface area contributed by atoms with Gasteiger partial charge in [0.2, 0.25) is 0 Å². The van der Waals surface area contributed by atoms with Crippen LogP contribution in [0.5, 0.6) is 0 Å². The van der Waals surface area contributed by atoms with Gasteiger partial charge in [-0.3, -0.25) is 0 Å². The Hall–Kier alpha value is -3.82. The van der Waals surface area contributed by atoms with Crippen molar-refractivity contribution >= 4 is 57.9 Å². The Morgan fingerprint density at radius 2 is 0.457 bits per heavy atom. The fourth-order valence-electron chi connectivity index (χ4n) is 4.97. The predicted octanol–water partition coefficient (Wildman–Crippen LogP) is 8.53. The molecule has 7 aromatic carbocycles. The van der Waals surface area contributed by atoms with Gasteiger partial charge in [-0.1, -0.05) is 109 Å². The zero-order valence-corrected chi connectivity index (χ0v) is 29.1. The monoisotopic (exact) mass is 696 g/mol. The van der Waals surface area contributed by atoms with Gasteiger partial charge in [-0.15, -0.1) is 0 Å². The Morgan fingerprint density at radius 3 is 0.587 bits per heavy atom. The molecule has 46 heavy (non-hydrogen) atoms. The smallest absolute Gasteiger partial charge is 0.102 e. The van der Waals surface area contributed by atoms with Gasteiger partial charge < -0.3 is 0 Å². The summed E-state index contributed by atoms with van der Waals surface area (Å²) in [6.45, 7) is 0. The zero-order chi connectivity index (χ0) is 32.1. The summed E-state index contributed by atoms with van der Waals surface area (Å²) in [5.41, 5.74) is 0. The average molecular weight is 698 g/mol. The third-order valence-electron chi connectivity index (χ3n) is 6.98. The first kappa shape index (κ1) is 35.0. The molecule has 4 heteroatoms. The van der Waals surface area contributed by atoms with Crippen molar-refractivity contribution in [2.75, 3.05) is 0 Å². The second-order valence-electron chi connectivity index (χ2n) is 10.0. The molecule has 0 aliphatic heterocycles. The molecule has 0 heterocycles. The minimum absolute atomic E-state index is 0.877. The number of halogens is 1. The molecule has 0 aliphatic rings. The molecule has 0 aliphatic carbocycles. The molecule has 0 spiro atoms. The minimum Gasteiger partial charge on any atom is -0.184 e. The van der Waals surface area contributed by atoms with Gasteiger partial charge in [0.15, 0.2) is 0 Å². The van der Waals surface area contributed by atoms with E-state index in [1.54, 1.807) is 0 Å². The van der Waals surface area contributed by atoms with Crippen LogP contribution < -0.4 is 31.8 Å².